The van der Waals surface area contributed by atoms with Gasteiger partial charge in [-0.15, -0.1) is 0 Å². The average Bonchev–Trinajstić information content (AvgIpc) is 3.46. The van der Waals surface area contributed by atoms with Gasteiger partial charge in [0.2, 0.25) is 0 Å². The molecule has 1 aromatic heterocycles. The number of aryl methyl sites for hydroxylation is 1. The molecule has 1 heterocycles. The summed E-state index contributed by atoms with van der Waals surface area (Å²) in [6.45, 7) is 2.99. The number of methoxy groups -OCH3 is 1. The highest BCUT2D eigenvalue weighted by molar-refractivity contribution is 6.31. The quantitative estimate of drug-likeness (QED) is 0.610. The highest BCUT2D eigenvalue weighted by atomic mass is 35.5. The number of rotatable bonds is 7. The third kappa shape index (κ3) is 4.36. The summed E-state index contributed by atoms with van der Waals surface area (Å²) < 4.78 is 7.04. The summed E-state index contributed by atoms with van der Waals surface area (Å²) in [5.74, 6) is 0.261. The van der Waals surface area contributed by atoms with Gasteiger partial charge >= 0.3 is 0 Å². The first-order valence-corrected chi connectivity index (χ1v) is 10.1. The van der Waals surface area contributed by atoms with Crippen LogP contribution in [0.2, 0.25) is 5.02 Å². The topological polar surface area (TPSA) is 56.1 Å². The van der Waals surface area contributed by atoms with E-state index in [0.29, 0.717) is 29.7 Å². The summed E-state index contributed by atoms with van der Waals surface area (Å²) in [4.78, 5) is 12.9. The zero-order valence-corrected chi connectivity index (χ0v) is 17.4. The van der Waals surface area contributed by atoms with Crippen molar-refractivity contribution in [1.29, 1.82) is 0 Å². The normalized spacial score (nSPS) is 13.5. The van der Waals surface area contributed by atoms with Gasteiger partial charge in [0.1, 0.15) is 0 Å². The monoisotopic (exact) mass is 409 g/mol. The Morgan fingerprint density at radius 1 is 1.24 bits per heavy atom. The highest BCUT2D eigenvalue weighted by Crippen LogP contribution is 2.42. The van der Waals surface area contributed by atoms with Gasteiger partial charge in [-0.25, -0.2) is 4.68 Å². The summed E-state index contributed by atoms with van der Waals surface area (Å²) in [5, 5.41) is 8.24. The summed E-state index contributed by atoms with van der Waals surface area (Å²) in [6.07, 6.45) is 3.81. The van der Waals surface area contributed by atoms with Crippen LogP contribution in [0.1, 0.15) is 51.5 Å². The maximum Gasteiger partial charge on any atom is 0.255 e. The van der Waals surface area contributed by atoms with Crippen LogP contribution in [-0.4, -0.2) is 22.8 Å². The number of aromatic nitrogens is 2. The van der Waals surface area contributed by atoms with Gasteiger partial charge in [-0.1, -0.05) is 41.9 Å². The van der Waals surface area contributed by atoms with Crippen LogP contribution in [-0.2, 0) is 17.9 Å². The van der Waals surface area contributed by atoms with Crippen molar-refractivity contribution in [3.05, 3.63) is 81.6 Å². The summed E-state index contributed by atoms with van der Waals surface area (Å²) in [6, 6.07) is 13.9. The largest absolute Gasteiger partial charge is 0.380 e. The number of carbonyl (C=O) groups is 1. The zero-order chi connectivity index (χ0) is 20.4. The van der Waals surface area contributed by atoms with Crippen LogP contribution in [0.3, 0.4) is 0 Å². The van der Waals surface area contributed by atoms with Crippen LogP contribution < -0.4 is 5.32 Å². The molecular formula is C23H24ClN3O2. The fourth-order valence-corrected chi connectivity index (χ4v) is 3.65. The van der Waals surface area contributed by atoms with Crippen molar-refractivity contribution in [2.24, 2.45) is 0 Å². The molecule has 0 radical (unpaired) electrons. The van der Waals surface area contributed by atoms with Crippen molar-refractivity contribution in [1.82, 2.24) is 15.1 Å². The second kappa shape index (κ2) is 8.39. The molecule has 150 valence electrons. The molecule has 0 aliphatic heterocycles. The van der Waals surface area contributed by atoms with Crippen molar-refractivity contribution in [2.75, 3.05) is 7.11 Å². The molecule has 1 fully saturated rings. The Hall–Kier alpha value is -2.63. The van der Waals surface area contributed by atoms with E-state index in [4.69, 9.17) is 16.3 Å². The second-order valence-corrected chi connectivity index (χ2v) is 7.91. The standard InChI is InChI=1S/C23H24ClN3O2/c1-15-6-9-19(11-21(15)24)27-22(18-7-8-18)20(13-26-27)23(28)25-12-16-4-3-5-17(10-16)14-29-2/h3-6,9-11,13,18H,7-8,12,14H2,1-2H3,(H,25,28). The van der Waals surface area contributed by atoms with Crippen molar-refractivity contribution in [3.63, 3.8) is 0 Å². The van der Waals surface area contributed by atoms with Gasteiger partial charge in [-0.2, -0.15) is 5.10 Å². The van der Waals surface area contributed by atoms with E-state index in [1.165, 1.54) is 0 Å². The number of hydrogen-bond donors (Lipinski definition) is 1. The molecule has 1 aliphatic rings. The molecule has 6 heteroatoms. The summed E-state index contributed by atoms with van der Waals surface area (Å²) in [5.41, 5.74) is 5.63. The molecule has 1 N–H and O–H groups in total. The Morgan fingerprint density at radius 3 is 2.76 bits per heavy atom. The number of benzene rings is 2. The van der Waals surface area contributed by atoms with Gasteiger partial charge in [0, 0.05) is 24.6 Å². The predicted molar refractivity (Wildman–Crippen MR) is 114 cm³/mol. The van der Waals surface area contributed by atoms with Gasteiger partial charge in [-0.05, 0) is 48.6 Å². The van der Waals surface area contributed by atoms with Gasteiger partial charge in [0.15, 0.2) is 0 Å². The highest BCUT2D eigenvalue weighted by Gasteiger charge is 2.33. The van der Waals surface area contributed by atoms with Gasteiger partial charge < -0.3 is 10.1 Å². The van der Waals surface area contributed by atoms with E-state index in [1.54, 1.807) is 13.3 Å². The molecule has 2 aromatic carbocycles. The molecule has 0 bridgehead atoms. The number of nitrogens with one attached hydrogen (secondary N) is 1. The maximum atomic E-state index is 12.9. The minimum atomic E-state index is -0.103. The van der Waals surface area contributed by atoms with Crippen LogP contribution in [0.4, 0.5) is 0 Å². The molecule has 3 aromatic rings. The van der Waals surface area contributed by atoms with Crippen LogP contribution in [0, 0.1) is 6.92 Å². The van der Waals surface area contributed by atoms with E-state index >= 15 is 0 Å². The van der Waals surface area contributed by atoms with Crippen LogP contribution in [0.15, 0.2) is 48.7 Å². The fraction of sp³-hybridized carbons (Fsp3) is 0.304. The molecule has 1 aliphatic carbocycles. The van der Waals surface area contributed by atoms with E-state index in [0.717, 1.165) is 40.9 Å². The Kier molecular flexibility index (Phi) is 5.69. The van der Waals surface area contributed by atoms with Crippen molar-refractivity contribution in [2.45, 2.75) is 38.8 Å². The van der Waals surface area contributed by atoms with Crippen LogP contribution in [0.5, 0.6) is 0 Å². The lowest BCUT2D eigenvalue weighted by Gasteiger charge is -2.11. The van der Waals surface area contributed by atoms with Crippen LogP contribution in [0.25, 0.3) is 5.69 Å². The number of amides is 1. The van der Waals surface area contributed by atoms with E-state index < -0.39 is 0 Å². The molecule has 0 unspecified atom stereocenters. The molecule has 0 spiro atoms. The molecule has 5 nitrogen and oxygen atoms in total. The van der Waals surface area contributed by atoms with Gasteiger partial charge in [-0.3, -0.25) is 4.79 Å². The summed E-state index contributed by atoms with van der Waals surface area (Å²) in [7, 11) is 1.67. The third-order valence-corrected chi connectivity index (χ3v) is 5.58. The smallest absolute Gasteiger partial charge is 0.255 e. The minimum Gasteiger partial charge on any atom is -0.380 e. The third-order valence-electron chi connectivity index (χ3n) is 5.17. The molecule has 1 amide bonds. The Labute approximate surface area is 175 Å². The second-order valence-electron chi connectivity index (χ2n) is 7.50. The molecule has 4 rings (SSSR count). The first-order chi connectivity index (χ1) is 14.1. The number of halogens is 1. The molecule has 0 atom stereocenters. The van der Waals surface area contributed by atoms with E-state index in [-0.39, 0.29) is 5.91 Å². The Balaban J connectivity index is 1.55. The number of nitrogens with zero attached hydrogens (tertiary/aromatic N) is 2. The van der Waals surface area contributed by atoms with Crippen LogP contribution >= 0.6 is 11.6 Å². The lowest BCUT2D eigenvalue weighted by atomic mass is 10.1. The van der Waals surface area contributed by atoms with Gasteiger partial charge in [0.05, 0.1) is 29.7 Å². The Bertz CT molecular complexity index is 1040. The minimum absolute atomic E-state index is 0.103. The van der Waals surface area contributed by atoms with E-state index in [2.05, 4.69) is 10.4 Å². The molecule has 29 heavy (non-hydrogen) atoms. The van der Waals surface area contributed by atoms with Gasteiger partial charge in [0.25, 0.3) is 5.91 Å². The predicted octanol–water partition coefficient (Wildman–Crippen LogP) is 4.79. The SMILES string of the molecule is COCc1cccc(CNC(=O)c2cnn(-c3ccc(C)c(Cl)c3)c2C2CC2)c1. The first-order valence-electron chi connectivity index (χ1n) is 9.76. The Morgan fingerprint density at radius 2 is 2.03 bits per heavy atom. The fourth-order valence-electron chi connectivity index (χ4n) is 3.48. The van der Waals surface area contributed by atoms with Crippen molar-refractivity contribution < 1.29 is 9.53 Å². The maximum absolute atomic E-state index is 12.9. The van der Waals surface area contributed by atoms with Crippen molar-refractivity contribution >= 4 is 17.5 Å². The summed E-state index contributed by atoms with van der Waals surface area (Å²) >= 11 is 6.30. The van der Waals surface area contributed by atoms with E-state index in [9.17, 15) is 4.79 Å². The number of ether oxygens (including phenoxy) is 1. The zero-order valence-electron chi connectivity index (χ0n) is 16.6. The number of hydrogen-bond acceptors (Lipinski definition) is 3. The van der Waals surface area contributed by atoms with E-state index in [1.807, 2.05) is 54.1 Å². The lowest BCUT2D eigenvalue weighted by molar-refractivity contribution is 0.0950. The average molecular weight is 410 g/mol. The van der Waals surface area contributed by atoms with Crippen molar-refractivity contribution in [3.8, 4) is 5.69 Å². The molecule has 0 saturated heterocycles. The molecule has 1 saturated carbocycles. The lowest BCUT2D eigenvalue weighted by Crippen LogP contribution is -2.23. The first kappa shape index (κ1) is 19.7. The molecular weight excluding hydrogens is 386 g/mol. The number of carbonyl (C=O) groups excluding carboxylic acids is 1.